The lowest BCUT2D eigenvalue weighted by Crippen LogP contribution is -2.45. The van der Waals surface area contributed by atoms with Gasteiger partial charge in [0, 0.05) is 26.2 Å². The van der Waals surface area contributed by atoms with Crippen LogP contribution < -0.4 is 5.32 Å². The molecule has 24 heavy (non-hydrogen) atoms. The Morgan fingerprint density at radius 3 is 1.88 bits per heavy atom. The molecule has 0 aliphatic carbocycles. The van der Waals surface area contributed by atoms with E-state index in [-0.39, 0.29) is 0 Å². The largest absolute Gasteiger partial charge is 0.314 e. The number of benzene rings is 2. The molecule has 1 saturated heterocycles. The number of aryl methyl sites for hydroxylation is 2. The van der Waals surface area contributed by atoms with Gasteiger partial charge in [-0.15, -0.1) is 0 Å². The molecule has 0 spiro atoms. The zero-order chi connectivity index (χ0) is 17.1. The predicted octanol–water partition coefficient (Wildman–Crippen LogP) is 4.42. The first-order valence-electron chi connectivity index (χ1n) is 9.17. The molecular weight excluding hydrogens is 292 g/mol. The lowest BCUT2D eigenvalue weighted by molar-refractivity contribution is 0.198. The molecule has 1 atom stereocenters. The molecule has 1 N–H and O–H groups in total. The average Bonchev–Trinajstić information content (AvgIpc) is 2.56. The Hall–Kier alpha value is -1.64. The molecule has 0 aromatic heterocycles. The van der Waals surface area contributed by atoms with E-state index in [0.717, 1.165) is 26.2 Å². The molecule has 1 aliphatic rings. The SMILES string of the molecule is Cc1cc(C)cc(C(c2ccc(C(C)C)cc2)N2CCNCC2)c1. The summed E-state index contributed by atoms with van der Waals surface area (Å²) in [6.07, 6.45) is 0. The first-order chi connectivity index (χ1) is 11.5. The number of hydrogen-bond donors (Lipinski definition) is 1. The summed E-state index contributed by atoms with van der Waals surface area (Å²) in [7, 11) is 0. The molecule has 2 nitrogen and oxygen atoms in total. The summed E-state index contributed by atoms with van der Waals surface area (Å²) >= 11 is 0. The first kappa shape index (κ1) is 17.2. The molecule has 1 fully saturated rings. The van der Waals surface area contributed by atoms with Gasteiger partial charge in [-0.25, -0.2) is 0 Å². The molecule has 2 heteroatoms. The van der Waals surface area contributed by atoms with Gasteiger partial charge in [-0.2, -0.15) is 0 Å². The van der Waals surface area contributed by atoms with Crippen molar-refractivity contribution in [2.75, 3.05) is 26.2 Å². The Bertz CT molecular complexity index is 647. The second kappa shape index (κ2) is 7.50. The predicted molar refractivity (Wildman–Crippen MR) is 103 cm³/mol. The van der Waals surface area contributed by atoms with Gasteiger partial charge in [-0.3, -0.25) is 4.90 Å². The van der Waals surface area contributed by atoms with Crippen LogP contribution in [0.15, 0.2) is 42.5 Å². The van der Waals surface area contributed by atoms with Gasteiger partial charge in [0.1, 0.15) is 0 Å². The van der Waals surface area contributed by atoms with E-state index in [9.17, 15) is 0 Å². The molecule has 3 rings (SSSR count). The van der Waals surface area contributed by atoms with E-state index >= 15 is 0 Å². The van der Waals surface area contributed by atoms with E-state index in [1.54, 1.807) is 0 Å². The summed E-state index contributed by atoms with van der Waals surface area (Å²) in [4.78, 5) is 2.62. The lowest BCUT2D eigenvalue weighted by Gasteiger charge is -2.36. The average molecular weight is 322 g/mol. The van der Waals surface area contributed by atoms with E-state index in [1.165, 1.54) is 27.8 Å². The number of rotatable bonds is 4. The van der Waals surface area contributed by atoms with Crippen LogP contribution in [0, 0.1) is 13.8 Å². The lowest BCUT2D eigenvalue weighted by atomic mass is 9.92. The molecule has 2 aromatic carbocycles. The third-order valence-electron chi connectivity index (χ3n) is 5.00. The fourth-order valence-corrected chi connectivity index (χ4v) is 3.79. The molecule has 1 heterocycles. The molecule has 1 aliphatic heterocycles. The van der Waals surface area contributed by atoms with E-state index < -0.39 is 0 Å². The third-order valence-corrected chi connectivity index (χ3v) is 5.00. The first-order valence-corrected chi connectivity index (χ1v) is 9.17. The van der Waals surface area contributed by atoms with Gasteiger partial charge in [-0.05, 0) is 36.5 Å². The third kappa shape index (κ3) is 3.88. The zero-order valence-corrected chi connectivity index (χ0v) is 15.5. The minimum atomic E-state index is 0.354. The van der Waals surface area contributed by atoms with Gasteiger partial charge < -0.3 is 5.32 Å². The van der Waals surface area contributed by atoms with Crippen molar-refractivity contribution in [3.8, 4) is 0 Å². The molecule has 2 aromatic rings. The quantitative estimate of drug-likeness (QED) is 0.896. The van der Waals surface area contributed by atoms with Crippen molar-refractivity contribution in [1.82, 2.24) is 10.2 Å². The highest BCUT2D eigenvalue weighted by Gasteiger charge is 2.24. The fraction of sp³-hybridized carbons (Fsp3) is 0.455. The van der Waals surface area contributed by atoms with Gasteiger partial charge in [0.25, 0.3) is 0 Å². The highest BCUT2D eigenvalue weighted by atomic mass is 15.2. The topological polar surface area (TPSA) is 15.3 Å². The summed E-state index contributed by atoms with van der Waals surface area (Å²) in [5, 5.41) is 3.48. The monoisotopic (exact) mass is 322 g/mol. The van der Waals surface area contributed by atoms with Crippen molar-refractivity contribution in [2.45, 2.75) is 39.7 Å². The van der Waals surface area contributed by atoms with Gasteiger partial charge >= 0.3 is 0 Å². The second-order valence-electron chi connectivity index (χ2n) is 7.43. The molecule has 128 valence electrons. The molecule has 0 bridgehead atoms. The molecule has 0 radical (unpaired) electrons. The van der Waals surface area contributed by atoms with Crippen molar-refractivity contribution in [2.24, 2.45) is 0 Å². The highest BCUT2D eigenvalue weighted by molar-refractivity contribution is 5.38. The Labute approximate surface area is 146 Å². The molecule has 0 amide bonds. The van der Waals surface area contributed by atoms with Gasteiger partial charge in [0.15, 0.2) is 0 Å². The number of nitrogens with one attached hydrogen (secondary N) is 1. The fourth-order valence-electron chi connectivity index (χ4n) is 3.79. The molecule has 1 unspecified atom stereocenters. The van der Waals surface area contributed by atoms with Gasteiger partial charge in [0.2, 0.25) is 0 Å². The summed E-state index contributed by atoms with van der Waals surface area (Å²) in [6.45, 7) is 13.3. The Balaban J connectivity index is 2.00. The van der Waals surface area contributed by atoms with Crippen molar-refractivity contribution < 1.29 is 0 Å². The maximum Gasteiger partial charge on any atom is 0.0602 e. The van der Waals surface area contributed by atoms with Crippen molar-refractivity contribution in [3.05, 3.63) is 70.3 Å². The van der Waals surface area contributed by atoms with E-state index in [1.807, 2.05) is 0 Å². The smallest absolute Gasteiger partial charge is 0.0602 e. The molecular formula is C22H30N2. The normalized spacial score (nSPS) is 17.2. The van der Waals surface area contributed by atoms with Crippen LogP contribution in [0.5, 0.6) is 0 Å². The maximum absolute atomic E-state index is 3.48. The van der Waals surface area contributed by atoms with Gasteiger partial charge in [-0.1, -0.05) is 67.4 Å². The summed E-state index contributed by atoms with van der Waals surface area (Å²) in [5.41, 5.74) is 6.95. The van der Waals surface area contributed by atoms with Crippen molar-refractivity contribution in [3.63, 3.8) is 0 Å². The number of nitrogens with zero attached hydrogens (tertiary/aromatic N) is 1. The standard InChI is InChI=1S/C22H30N2/c1-16(2)19-5-7-20(8-6-19)22(24-11-9-23-10-12-24)21-14-17(3)13-18(4)15-21/h5-8,13-16,22-23H,9-12H2,1-4H3. The summed E-state index contributed by atoms with van der Waals surface area (Å²) < 4.78 is 0. The van der Waals surface area contributed by atoms with Crippen LogP contribution >= 0.6 is 0 Å². The molecule has 0 saturated carbocycles. The Kier molecular flexibility index (Phi) is 5.37. The number of hydrogen-bond acceptors (Lipinski definition) is 2. The second-order valence-corrected chi connectivity index (χ2v) is 7.43. The zero-order valence-electron chi connectivity index (χ0n) is 15.5. The van der Waals surface area contributed by atoms with E-state index in [0.29, 0.717) is 12.0 Å². The van der Waals surface area contributed by atoms with Crippen LogP contribution in [0.4, 0.5) is 0 Å². The summed E-state index contributed by atoms with van der Waals surface area (Å²) in [6, 6.07) is 16.6. The van der Waals surface area contributed by atoms with Crippen LogP contribution in [0.2, 0.25) is 0 Å². The summed E-state index contributed by atoms with van der Waals surface area (Å²) in [5.74, 6) is 0.581. The van der Waals surface area contributed by atoms with E-state index in [4.69, 9.17) is 0 Å². The maximum atomic E-state index is 3.48. The van der Waals surface area contributed by atoms with Crippen molar-refractivity contribution >= 4 is 0 Å². The van der Waals surface area contributed by atoms with Crippen LogP contribution in [0.1, 0.15) is 53.6 Å². The minimum absolute atomic E-state index is 0.354. The highest BCUT2D eigenvalue weighted by Crippen LogP contribution is 2.31. The van der Waals surface area contributed by atoms with Crippen molar-refractivity contribution in [1.29, 1.82) is 0 Å². The minimum Gasteiger partial charge on any atom is -0.314 e. The van der Waals surface area contributed by atoms with Crippen LogP contribution in [-0.2, 0) is 0 Å². The van der Waals surface area contributed by atoms with Crippen LogP contribution in [-0.4, -0.2) is 31.1 Å². The van der Waals surface area contributed by atoms with Crippen LogP contribution in [0.25, 0.3) is 0 Å². The Morgan fingerprint density at radius 1 is 0.792 bits per heavy atom. The van der Waals surface area contributed by atoms with Crippen LogP contribution in [0.3, 0.4) is 0 Å². The van der Waals surface area contributed by atoms with Gasteiger partial charge in [0.05, 0.1) is 6.04 Å². The Morgan fingerprint density at radius 2 is 1.33 bits per heavy atom. The van der Waals surface area contributed by atoms with E-state index in [2.05, 4.69) is 80.4 Å². The number of piperazine rings is 1.